The molecule has 2 rings (SSSR count). The lowest BCUT2D eigenvalue weighted by Gasteiger charge is -2.20. The molecule has 5 nitrogen and oxygen atoms in total. The second-order valence-electron chi connectivity index (χ2n) is 3.86. The third-order valence-corrected chi connectivity index (χ3v) is 4.62. The van der Waals surface area contributed by atoms with E-state index in [1.165, 1.54) is 27.3 Å². The van der Waals surface area contributed by atoms with E-state index in [9.17, 15) is 9.59 Å². The number of nitrogens with zero attached hydrogens (tertiary/aromatic N) is 2. The van der Waals surface area contributed by atoms with Crippen LogP contribution in [0.4, 0.5) is 0 Å². The van der Waals surface area contributed by atoms with Crippen LogP contribution in [0, 0.1) is 0 Å². The molecule has 1 N–H and O–H groups in total. The third kappa shape index (κ3) is 2.20. The number of aliphatic carboxylic acids is 1. The summed E-state index contributed by atoms with van der Waals surface area (Å²) in [6.45, 7) is 0. The summed E-state index contributed by atoms with van der Waals surface area (Å²) in [5.41, 5.74) is 0.291. The molecule has 0 saturated carbocycles. The van der Waals surface area contributed by atoms with E-state index in [1.807, 2.05) is 0 Å². The van der Waals surface area contributed by atoms with Crippen LogP contribution in [0.3, 0.4) is 0 Å². The van der Waals surface area contributed by atoms with Gasteiger partial charge in [-0.15, -0.1) is 11.8 Å². The summed E-state index contributed by atoms with van der Waals surface area (Å²) in [6, 6.07) is 0.656. The molecule has 1 aliphatic heterocycles. The van der Waals surface area contributed by atoms with Crippen molar-refractivity contribution in [2.45, 2.75) is 6.04 Å². The van der Waals surface area contributed by atoms with Crippen molar-refractivity contribution in [3.05, 3.63) is 21.9 Å². The Morgan fingerprint density at radius 2 is 2.17 bits per heavy atom. The lowest BCUT2D eigenvalue weighted by atomic mass is 10.2. The fourth-order valence-electron chi connectivity index (χ4n) is 1.74. The largest absolute Gasteiger partial charge is 0.480 e. The summed E-state index contributed by atoms with van der Waals surface area (Å²) < 4.78 is 1.45. The first-order valence-corrected chi connectivity index (χ1v) is 6.96. The van der Waals surface area contributed by atoms with Crippen LogP contribution in [0.2, 0.25) is 10.2 Å². The van der Waals surface area contributed by atoms with Gasteiger partial charge in [0.15, 0.2) is 0 Å². The number of carboxylic acid groups (broad SMARTS) is 1. The van der Waals surface area contributed by atoms with Gasteiger partial charge in [-0.05, 0) is 6.07 Å². The van der Waals surface area contributed by atoms with Crippen LogP contribution in [0.1, 0.15) is 10.5 Å². The monoisotopic (exact) mass is 308 g/mol. The molecule has 0 aliphatic carbocycles. The third-order valence-electron chi connectivity index (χ3n) is 2.76. The smallest absolute Gasteiger partial charge is 0.327 e. The molecule has 0 aromatic carbocycles. The molecular formula is C10H10Cl2N2O3S. The molecule has 8 heteroatoms. The Labute approximate surface area is 118 Å². The van der Waals surface area contributed by atoms with E-state index >= 15 is 0 Å². The summed E-state index contributed by atoms with van der Waals surface area (Å²) >= 11 is 13.1. The van der Waals surface area contributed by atoms with E-state index in [0.29, 0.717) is 17.3 Å². The molecule has 0 unspecified atom stereocenters. The van der Waals surface area contributed by atoms with Crippen LogP contribution >= 0.6 is 35.0 Å². The molecule has 0 spiro atoms. The minimum Gasteiger partial charge on any atom is -0.480 e. The van der Waals surface area contributed by atoms with Gasteiger partial charge in [0, 0.05) is 12.8 Å². The number of carboxylic acids is 1. The van der Waals surface area contributed by atoms with Gasteiger partial charge in [0.1, 0.15) is 16.9 Å². The Balaban J connectivity index is 2.31. The van der Waals surface area contributed by atoms with Crippen molar-refractivity contribution in [1.82, 2.24) is 9.47 Å². The lowest BCUT2D eigenvalue weighted by molar-refractivity contribution is -0.140. The molecule has 98 valence electrons. The number of carbonyl (C=O) groups excluding carboxylic acids is 1. The summed E-state index contributed by atoms with van der Waals surface area (Å²) in [5.74, 6) is -0.619. The van der Waals surface area contributed by atoms with Crippen molar-refractivity contribution in [2.24, 2.45) is 7.05 Å². The quantitative estimate of drug-likeness (QED) is 0.907. The van der Waals surface area contributed by atoms with Crippen molar-refractivity contribution >= 4 is 46.8 Å². The number of aromatic nitrogens is 1. The highest BCUT2D eigenvalue weighted by molar-refractivity contribution is 7.99. The van der Waals surface area contributed by atoms with Gasteiger partial charge >= 0.3 is 5.97 Å². The molecule has 1 aromatic rings. The molecule has 2 heterocycles. The van der Waals surface area contributed by atoms with Gasteiger partial charge in [-0.25, -0.2) is 4.79 Å². The lowest BCUT2D eigenvalue weighted by Crippen LogP contribution is -2.42. The van der Waals surface area contributed by atoms with Gasteiger partial charge in [0.05, 0.1) is 10.9 Å². The minimum absolute atomic E-state index is 0.263. The van der Waals surface area contributed by atoms with E-state index in [0.717, 1.165) is 0 Å². The van der Waals surface area contributed by atoms with E-state index in [4.69, 9.17) is 28.3 Å². The number of halogens is 2. The fraction of sp³-hybridized carbons (Fsp3) is 0.400. The van der Waals surface area contributed by atoms with E-state index < -0.39 is 12.0 Å². The molecule has 1 aliphatic rings. The first-order valence-electron chi connectivity index (χ1n) is 5.05. The highest BCUT2D eigenvalue weighted by Gasteiger charge is 2.36. The summed E-state index contributed by atoms with van der Waals surface area (Å²) in [5, 5.41) is 9.58. The van der Waals surface area contributed by atoms with Gasteiger partial charge in [0.2, 0.25) is 0 Å². The Morgan fingerprint density at radius 3 is 2.67 bits per heavy atom. The van der Waals surface area contributed by atoms with Crippen LogP contribution in [-0.4, -0.2) is 44.1 Å². The van der Waals surface area contributed by atoms with E-state index in [1.54, 1.807) is 7.05 Å². The predicted octanol–water partition coefficient (Wildman–Crippen LogP) is 1.93. The standard InChI is InChI=1S/C10H10Cl2N2O3S/c1-13-6(2-5(11)8(13)12)9(15)14-4-18-3-7(14)10(16)17/h2,7H,3-4H2,1H3,(H,16,17)/t7-/m0/s1. The highest BCUT2D eigenvalue weighted by atomic mass is 35.5. The zero-order valence-electron chi connectivity index (χ0n) is 9.39. The number of rotatable bonds is 2. The second kappa shape index (κ2) is 5.03. The first-order chi connectivity index (χ1) is 8.43. The average Bonchev–Trinajstić information content (AvgIpc) is 2.89. The summed E-state index contributed by atoms with van der Waals surface area (Å²) in [6.07, 6.45) is 0. The maximum Gasteiger partial charge on any atom is 0.327 e. The molecule has 1 saturated heterocycles. The van der Waals surface area contributed by atoms with Crippen LogP contribution in [-0.2, 0) is 11.8 Å². The Bertz CT molecular complexity index is 517. The van der Waals surface area contributed by atoms with Crippen molar-refractivity contribution in [3.63, 3.8) is 0 Å². The van der Waals surface area contributed by atoms with Crippen molar-refractivity contribution in [2.75, 3.05) is 11.6 Å². The molecule has 0 bridgehead atoms. The maximum absolute atomic E-state index is 12.3. The van der Waals surface area contributed by atoms with Crippen LogP contribution in [0.25, 0.3) is 0 Å². The van der Waals surface area contributed by atoms with Gasteiger partial charge in [-0.2, -0.15) is 0 Å². The van der Waals surface area contributed by atoms with Gasteiger partial charge in [-0.3, -0.25) is 4.79 Å². The molecule has 1 fully saturated rings. The normalized spacial score (nSPS) is 19.3. The van der Waals surface area contributed by atoms with E-state index in [-0.39, 0.29) is 16.1 Å². The zero-order chi connectivity index (χ0) is 13.4. The molecule has 1 amide bonds. The predicted molar refractivity (Wildman–Crippen MR) is 70.4 cm³/mol. The minimum atomic E-state index is -1.00. The van der Waals surface area contributed by atoms with Crippen LogP contribution in [0.5, 0.6) is 0 Å². The SMILES string of the molecule is Cn1c(C(=O)N2CSC[C@H]2C(=O)O)cc(Cl)c1Cl. The second-order valence-corrected chi connectivity index (χ2v) is 5.62. The summed E-state index contributed by atoms with van der Waals surface area (Å²) in [4.78, 5) is 24.6. The fourth-order valence-corrected chi connectivity index (χ4v) is 3.26. The van der Waals surface area contributed by atoms with Crippen LogP contribution < -0.4 is 0 Å². The van der Waals surface area contributed by atoms with Gasteiger partial charge in [-0.1, -0.05) is 23.2 Å². The molecule has 0 radical (unpaired) electrons. The van der Waals surface area contributed by atoms with Crippen LogP contribution in [0.15, 0.2) is 6.07 Å². The topological polar surface area (TPSA) is 62.5 Å². The highest BCUT2D eigenvalue weighted by Crippen LogP contribution is 2.28. The number of hydrogen-bond donors (Lipinski definition) is 1. The average molecular weight is 309 g/mol. The number of thioether (sulfide) groups is 1. The summed E-state index contributed by atoms with van der Waals surface area (Å²) in [7, 11) is 1.61. The molecule has 1 aromatic heterocycles. The van der Waals surface area contributed by atoms with Crippen molar-refractivity contribution < 1.29 is 14.7 Å². The molecule has 1 atom stereocenters. The Morgan fingerprint density at radius 1 is 1.50 bits per heavy atom. The number of amides is 1. The van der Waals surface area contributed by atoms with E-state index in [2.05, 4.69) is 0 Å². The van der Waals surface area contributed by atoms with Gasteiger partial charge < -0.3 is 14.6 Å². The van der Waals surface area contributed by atoms with Crippen molar-refractivity contribution in [1.29, 1.82) is 0 Å². The number of carbonyl (C=O) groups is 2. The Hall–Kier alpha value is -0.850. The Kier molecular flexibility index (Phi) is 3.79. The zero-order valence-corrected chi connectivity index (χ0v) is 11.7. The first kappa shape index (κ1) is 13.6. The molecule has 18 heavy (non-hydrogen) atoms. The van der Waals surface area contributed by atoms with Gasteiger partial charge in [0.25, 0.3) is 5.91 Å². The van der Waals surface area contributed by atoms with Crippen molar-refractivity contribution in [3.8, 4) is 0 Å². The number of hydrogen-bond acceptors (Lipinski definition) is 3. The molecular weight excluding hydrogens is 299 g/mol. The maximum atomic E-state index is 12.3.